The third-order valence-electron chi connectivity index (χ3n) is 4.76. The number of nitrogens with one attached hydrogen (secondary N) is 1. The number of rotatable bonds is 7. The van der Waals surface area contributed by atoms with Crippen LogP contribution in [0.4, 0.5) is 5.69 Å². The number of carbonyl (C=O) groups is 1. The summed E-state index contributed by atoms with van der Waals surface area (Å²) in [6.07, 6.45) is 3.39. The van der Waals surface area contributed by atoms with Gasteiger partial charge in [-0.25, -0.2) is 0 Å². The first-order valence-corrected chi connectivity index (χ1v) is 9.87. The van der Waals surface area contributed by atoms with Gasteiger partial charge in [-0.15, -0.1) is 10.2 Å². The normalized spacial score (nSPS) is 16.5. The minimum absolute atomic E-state index is 0.00348. The number of anilines is 1. The third kappa shape index (κ3) is 4.06. The Hall–Kier alpha value is -1.82. The van der Waals surface area contributed by atoms with Crippen molar-refractivity contribution < 1.29 is 4.79 Å². The molecule has 1 amide bonds. The SMILES string of the molecule is CC[C@@H](C)c1ccccc1NC(=O)[C@H](C)Sc1nnc(C)n1C1CC1. The lowest BCUT2D eigenvalue weighted by Crippen LogP contribution is -2.23. The van der Waals surface area contributed by atoms with Crippen LogP contribution in [0.25, 0.3) is 0 Å². The zero-order valence-corrected chi connectivity index (χ0v) is 16.1. The third-order valence-corrected chi connectivity index (χ3v) is 5.82. The van der Waals surface area contributed by atoms with Crippen LogP contribution in [0.5, 0.6) is 0 Å². The van der Waals surface area contributed by atoms with Gasteiger partial charge in [0.15, 0.2) is 5.16 Å². The van der Waals surface area contributed by atoms with Crippen molar-refractivity contribution in [2.45, 2.75) is 69.3 Å². The molecule has 1 N–H and O–H groups in total. The number of benzene rings is 1. The van der Waals surface area contributed by atoms with Gasteiger partial charge in [0.1, 0.15) is 5.82 Å². The van der Waals surface area contributed by atoms with E-state index in [1.54, 1.807) is 0 Å². The van der Waals surface area contributed by atoms with Crippen LogP contribution in [-0.4, -0.2) is 25.9 Å². The molecule has 0 radical (unpaired) electrons. The van der Waals surface area contributed by atoms with Crippen molar-refractivity contribution in [2.24, 2.45) is 0 Å². The maximum absolute atomic E-state index is 12.7. The van der Waals surface area contributed by atoms with E-state index in [1.807, 2.05) is 32.0 Å². The van der Waals surface area contributed by atoms with Crippen molar-refractivity contribution in [1.82, 2.24) is 14.8 Å². The van der Waals surface area contributed by atoms with E-state index >= 15 is 0 Å². The van der Waals surface area contributed by atoms with Gasteiger partial charge in [0, 0.05) is 11.7 Å². The molecule has 1 aliphatic rings. The van der Waals surface area contributed by atoms with E-state index in [2.05, 4.69) is 40.0 Å². The Bertz CT molecular complexity index is 754. The van der Waals surface area contributed by atoms with Gasteiger partial charge in [-0.1, -0.05) is 43.8 Å². The summed E-state index contributed by atoms with van der Waals surface area (Å²) in [5, 5.41) is 12.2. The van der Waals surface area contributed by atoms with Gasteiger partial charge in [-0.3, -0.25) is 4.79 Å². The number of hydrogen-bond acceptors (Lipinski definition) is 4. The molecule has 0 spiro atoms. The second-order valence-corrected chi connectivity index (χ2v) is 8.08. The number of nitrogens with zero attached hydrogens (tertiary/aromatic N) is 3. The molecule has 1 aromatic carbocycles. The largest absolute Gasteiger partial charge is 0.325 e. The number of aryl methyl sites for hydroxylation is 1. The highest BCUT2D eigenvalue weighted by atomic mass is 32.2. The number of amides is 1. The molecule has 1 fully saturated rings. The average molecular weight is 359 g/mol. The van der Waals surface area contributed by atoms with Crippen molar-refractivity contribution in [3.8, 4) is 0 Å². The summed E-state index contributed by atoms with van der Waals surface area (Å²) in [5.41, 5.74) is 2.10. The van der Waals surface area contributed by atoms with E-state index < -0.39 is 0 Å². The molecule has 2 aromatic rings. The number of aromatic nitrogens is 3. The van der Waals surface area contributed by atoms with Crippen LogP contribution in [0.15, 0.2) is 29.4 Å². The zero-order valence-electron chi connectivity index (χ0n) is 15.3. The molecule has 25 heavy (non-hydrogen) atoms. The maximum atomic E-state index is 12.7. The highest BCUT2D eigenvalue weighted by molar-refractivity contribution is 8.00. The Kier molecular flexibility index (Phi) is 5.47. The standard InChI is InChI=1S/C19H26N4OS/c1-5-12(2)16-8-6-7-9-17(16)20-18(24)13(3)25-19-22-21-14(4)23(19)15-10-11-15/h6-9,12-13,15H,5,10-11H2,1-4H3,(H,20,24)/t12-,13+/m1/s1. The maximum Gasteiger partial charge on any atom is 0.237 e. The predicted octanol–water partition coefficient (Wildman–Crippen LogP) is 4.55. The zero-order chi connectivity index (χ0) is 18.0. The Morgan fingerprint density at radius 2 is 2.04 bits per heavy atom. The van der Waals surface area contributed by atoms with E-state index in [0.29, 0.717) is 12.0 Å². The quantitative estimate of drug-likeness (QED) is 0.738. The highest BCUT2D eigenvalue weighted by Gasteiger charge is 2.30. The monoisotopic (exact) mass is 358 g/mol. The fraction of sp³-hybridized carbons (Fsp3) is 0.526. The Morgan fingerprint density at radius 1 is 1.32 bits per heavy atom. The smallest absolute Gasteiger partial charge is 0.237 e. The minimum Gasteiger partial charge on any atom is -0.325 e. The lowest BCUT2D eigenvalue weighted by atomic mass is 9.97. The second kappa shape index (κ2) is 7.60. The molecule has 2 atom stereocenters. The van der Waals surface area contributed by atoms with Crippen molar-refractivity contribution >= 4 is 23.4 Å². The van der Waals surface area contributed by atoms with Crippen LogP contribution in [0.3, 0.4) is 0 Å². The fourth-order valence-electron chi connectivity index (χ4n) is 2.89. The molecule has 6 heteroatoms. The number of hydrogen-bond donors (Lipinski definition) is 1. The molecule has 1 heterocycles. The number of para-hydroxylation sites is 1. The summed E-state index contributed by atoms with van der Waals surface area (Å²) in [4.78, 5) is 12.7. The molecular weight excluding hydrogens is 332 g/mol. The van der Waals surface area contributed by atoms with Crippen LogP contribution < -0.4 is 5.32 Å². The molecule has 0 bridgehead atoms. The highest BCUT2D eigenvalue weighted by Crippen LogP contribution is 2.39. The van der Waals surface area contributed by atoms with Gasteiger partial charge in [0.25, 0.3) is 0 Å². The van der Waals surface area contributed by atoms with E-state index in [-0.39, 0.29) is 11.2 Å². The van der Waals surface area contributed by atoms with E-state index in [4.69, 9.17) is 0 Å². The van der Waals surface area contributed by atoms with Gasteiger partial charge in [0.05, 0.1) is 5.25 Å². The van der Waals surface area contributed by atoms with Gasteiger partial charge in [-0.05, 0) is 50.7 Å². The second-order valence-electron chi connectivity index (χ2n) is 6.78. The molecular formula is C19H26N4OS. The lowest BCUT2D eigenvalue weighted by Gasteiger charge is -2.17. The van der Waals surface area contributed by atoms with Crippen molar-refractivity contribution in [2.75, 3.05) is 5.32 Å². The van der Waals surface area contributed by atoms with E-state index in [0.717, 1.165) is 23.1 Å². The molecule has 134 valence electrons. The van der Waals surface area contributed by atoms with E-state index in [9.17, 15) is 4.79 Å². The number of thioether (sulfide) groups is 1. The Morgan fingerprint density at radius 3 is 2.72 bits per heavy atom. The Balaban J connectivity index is 1.70. The van der Waals surface area contributed by atoms with Gasteiger partial charge in [0.2, 0.25) is 5.91 Å². The molecule has 0 unspecified atom stereocenters. The molecule has 3 rings (SSSR count). The summed E-state index contributed by atoms with van der Waals surface area (Å²) in [6, 6.07) is 8.57. The van der Waals surface area contributed by atoms with Crippen LogP contribution in [0, 0.1) is 6.92 Å². The first-order valence-electron chi connectivity index (χ1n) is 8.99. The summed E-state index contributed by atoms with van der Waals surface area (Å²) in [7, 11) is 0. The molecule has 1 saturated carbocycles. The average Bonchev–Trinajstić information content (AvgIpc) is 3.38. The van der Waals surface area contributed by atoms with Crippen LogP contribution in [-0.2, 0) is 4.79 Å². The lowest BCUT2D eigenvalue weighted by molar-refractivity contribution is -0.115. The van der Waals surface area contributed by atoms with E-state index in [1.165, 1.54) is 30.2 Å². The molecule has 0 aliphatic heterocycles. The first-order chi connectivity index (χ1) is 12.0. The molecule has 0 saturated heterocycles. The summed E-state index contributed by atoms with van der Waals surface area (Å²) in [6.45, 7) is 8.24. The minimum atomic E-state index is -0.230. The topological polar surface area (TPSA) is 59.8 Å². The summed E-state index contributed by atoms with van der Waals surface area (Å²) >= 11 is 1.48. The summed E-state index contributed by atoms with van der Waals surface area (Å²) in [5.74, 6) is 1.35. The van der Waals surface area contributed by atoms with Gasteiger partial charge < -0.3 is 9.88 Å². The molecule has 1 aliphatic carbocycles. The summed E-state index contributed by atoms with van der Waals surface area (Å²) < 4.78 is 2.17. The van der Waals surface area contributed by atoms with Crippen LogP contribution in [0.1, 0.15) is 63.4 Å². The molecule has 5 nitrogen and oxygen atoms in total. The first kappa shape index (κ1) is 18.0. The Labute approximate surface area is 153 Å². The number of carbonyl (C=O) groups excluding carboxylic acids is 1. The van der Waals surface area contributed by atoms with Crippen LogP contribution >= 0.6 is 11.8 Å². The van der Waals surface area contributed by atoms with Crippen molar-refractivity contribution in [3.63, 3.8) is 0 Å². The fourth-order valence-corrected chi connectivity index (χ4v) is 3.85. The predicted molar refractivity (Wildman–Crippen MR) is 102 cm³/mol. The van der Waals surface area contributed by atoms with Crippen molar-refractivity contribution in [3.05, 3.63) is 35.7 Å². The van der Waals surface area contributed by atoms with Crippen molar-refractivity contribution in [1.29, 1.82) is 0 Å². The molecule has 1 aromatic heterocycles. The van der Waals surface area contributed by atoms with Gasteiger partial charge >= 0.3 is 0 Å². The van der Waals surface area contributed by atoms with Crippen LogP contribution in [0.2, 0.25) is 0 Å². The van der Waals surface area contributed by atoms with Gasteiger partial charge in [-0.2, -0.15) is 0 Å².